The summed E-state index contributed by atoms with van der Waals surface area (Å²) in [5.74, 6) is -0.484. The Morgan fingerprint density at radius 2 is 1.41 bits per heavy atom. The zero-order valence-corrected chi connectivity index (χ0v) is 14.5. The lowest BCUT2D eigenvalue weighted by molar-refractivity contribution is -0.137. The maximum absolute atomic E-state index is 12.6. The van der Waals surface area contributed by atoms with Gasteiger partial charge in [0.2, 0.25) is 0 Å². The fourth-order valence-electron chi connectivity index (χ4n) is 2.50. The van der Waals surface area contributed by atoms with Crippen molar-refractivity contribution in [2.24, 2.45) is 0 Å². The summed E-state index contributed by atoms with van der Waals surface area (Å²) >= 11 is 0. The molecule has 3 nitrogen and oxygen atoms in total. The molecule has 0 aliphatic carbocycles. The molecule has 0 unspecified atom stereocenters. The zero-order valence-electron chi connectivity index (χ0n) is 14.5. The van der Waals surface area contributed by atoms with Gasteiger partial charge in [0.25, 0.3) is 5.91 Å². The van der Waals surface area contributed by atoms with Gasteiger partial charge >= 0.3 is 6.18 Å². The lowest BCUT2D eigenvalue weighted by Crippen LogP contribution is -2.14. The molecule has 0 saturated carbocycles. The summed E-state index contributed by atoms with van der Waals surface area (Å²) in [4.78, 5) is 12.4. The lowest BCUT2D eigenvalue weighted by atomic mass is 10.1. The number of carbonyl (C=O) groups excluding carboxylic acids is 1. The normalized spacial score (nSPS) is 11.1. The van der Waals surface area contributed by atoms with Crippen molar-refractivity contribution >= 4 is 23.0 Å². The quantitative estimate of drug-likeness (QED) is 0.590. The van der Waals surface area contributed by atoms with Gasteiger partial charge in [0.1, 0.15) is 0 Å². The minimum atomic E-state index is -4.43. The fourth-order valence-corrected chi connectivity index (χ4v) is 2.50. The minimum absolute atomic E-state index is 0.146. The van der Waals surface area contributed by atoms with E-state index in [1.807, 2.05) is 43.3 Å². The molecular formula is C21H17F3N2O. The fraction of sp³-hybridized carbons (Fsp3) is 0.0952. The SMILES string of the molecule is Cc1ccc(Nc2ccccc2NC(=O)c2ccc(C(F)(F)F)cc2)cc1. The highest BCUT2D eigenvalue weighted by atomic mass is 19.4. The van der Waals surface area contributed by atoms with Gasteiger partial charge in [-0.05, 0) is 55.5 Å². The van der Waals surface area contributed by atoms with Crippen molar-refractivity contribution in [1.29, 1.82) is 0 Å². The van der Waals surface area contributed by atoms with E-state index >= 15 is 0 Å². The van der Waals surface area contributed by atoms with E-state index in [4.69, 9.17) is 0 Å². The summed E-state index contributed by atoms with van der Waals surface area (Å²) in [6.45, 7) is 1.99. The molecule has 3 rings (SSSR count). The molecule has 27 heavy (non-hydrogen) atoms. The van der Waals surface area contributed by atoms with Gasteiger partial charge in [-0.3, -0.25) is 4.79 Å². The van der Waals surface area contributed by atoms with E-state index in [1.165, 1.54) is 0 Å². The van der Waals surface area contributed by atoms with Gasteiger partial charge in [-0.1, -0.05) is 29.8 Å². The molecule has 1 amide bonds. The number of carbonyl (C=O) groups is 1. The van der Waals surface area contributed by atoms with Gasteiger partial charge in [-0.25, -0.2) is 0 Å². The minimum Gasteiger partial charge on any atom is -0.354 e. The second-order valence-corrected chi connectivity index (χ2v) is 6.07. The van der Waals surface area contributed by atoms with Gasteiger partial charge < -0.3 is 10.6 Å². The average Bonchev–Trinajstić information content (AvgIpc) is 2.64. The Hall–Kier alpha value is -3.28. The van der Waals surface area contributed by atoms with Crippen LogP contribution in [0.3, 0.4) is 0 Å². The Morgan fingerprint density at radius 3 is 2.00 bits per heavy atom. The number of hydrogen-bond acceptors (Lipinski definition) is 2. The van der Waals surface area contributed by atoms with Crippen LogP contribution in [0.2, 0.25) is 0 Å². The van der Waals surface area contributed by atoms with Crippen molar-refractivity contribution in [3.8, 4) is 0 Å². The number of nitrogens with one attached hydrogen (secondary N) is 2. The molecule has 3 aromatic carbocycles. The number of alkyl halides is 3. The largest absolute Gasteiger partial charge is 0.416 e. The summed E-state index contributed by atoms with van der Waals surface area (Å²) in [6.07, 6.45) is -4.43. The summed E-state index contributed by atoms with van der Waals surface area (Å²) < 4.78 is 37.9. The zero-order chi connectivity index (χ0) is 19.4. The van der Waals surface area contributed by atoms with Crippen LogP contribution in [0, 0.1) is 6.92 Å². The van der Waals surface area contributed by atoms with E-state index in [0.29, 0.717) is 11.4 Å². The number of para-hydroxylation sites is 2. The second-order valence-electron chi connectivity index (χ2n) is 6.07. The van der Waals surface area contributed by atoms with Crippen molar-refractivity contribution < 1.29 is 18.0 Å². The molecule has 6 heteroatoms. The van der Waals surface area contributed by atoms with Crippen LogP contribution in [-0.2, 0) is 6.18 Å². The Labute approximate surface area is 154 Å². The number of benzene rings is 3. The maximum atomic E-state index is 12.6. The highest BCUT2D eigenvalue weighted by Crippen LogP contribution is 2.30. The predicted molar refractivity (Wildman–Crippen MR) is 100 cm³/mol. The van der Waals surface area contributed by atoms with E-state index < -0.39 is 17.6 Å². The van der Waals surface area contributed by atoms with Crippen molar-refractivity contribution in [3.05, 3.63) is 89.5 Å². The Kier molecular flexibility index (Phi) is 5.16. The van der Waals surface area contributed by atoms with Crippen molar-refractivity contribution in [2.75, 3.05) is 10.6 Å². The average molecular weight is 370 g/mol. The molecule has 0 bridgehead atoms. The van der Waals surface area contributed by atoms with Crippen molar-refractivity contribution in [3.63, 3.8) is 0 Å². The first-order valence-corrected chi connectivity index (χ1v) is 8.24. The molecule has 0 atom stereocenters. The molecule has 0 spiro atoms. The second kappa shape index (κ2) is 7.53. The summed E-state index contributed by atoms with van der Waals surface area (Å²) in [5, 5.41) is 5.96. The summed E-state index contributed by atoms with van der Waals surface area (Å²) in [7, 11) is 0. The number of rotatable bonds is 4. The smallest absolute Gasteiger partial charge is 0.354 e. The van der Waals surface area contributed by atoms with Crippen molar-refractivity contribution in [1.82, 2.24) is 0 Å². The van der Waals surface area contributed by atoms with E-state index in [2.05, 4.69) is 10.6 Å². The van der Waals surface area contributed by atoms with E-state index in [1.54, 1.807) is 12.1 Å². The Bertz CT molecular complexity index is 933. The van der Waals surface area contributed by atoms with Crippen LogP contribution in [0.25, 0.3) is 0 Å². The topological polar surface area (TPSA) is 41.1 Å². The molecule has 0 heterocycles. The lowest BCUT2D eigenvalue weighted by Gasteiger charge is -2.14. The molecule has 0 aliphatic rings. The highest BCUT2D eigenvalue weighted by Gasteiger charge is 2.30. The third kappa shape index (κ3) is 4.67. The molecule has 0 aromatic heterocycles. The predicted octanol–water partition coefficient (Wildman–Crippen LogP) is 6.01. The number of amides is 1. The third-order valence-corrected chi connectivity index (χ3v) is 3.98. The first kappa shape index (κ1) is 18.5. The Morgan fingerprint density at radius 1 is 0.815 bits per heavy atom. The van der Waals surface area contributed by atoms with Crippen LogP contribution in [0.5, 0.6) is 0 Å². The molecule has 0 aliphatic heterocycles. The molecule has 0 saturated heterocycles. The maximum Gasteiger partial charge on any atom is 0.416 e. The van der Waals surface area contributed by atoms with Crippen LogP contribution < -0.4 is 10.6 Å². The first-order valence-electron chi connectivity index (χ1n) is 8.24. The monoisotopic (exact) mass is 370 g/mol. The van der Waals surface area contributed by atoms with Crippen LogP contribution in [0.4, 0.5) is 30.2 Å². The standard InChI is InChI=1S/C21H17F3N2O/c1-14-6-12-17(13-7-14)25-18-4-2-3-5-19(18)26-20(27)15-8-10-16(11-9-15)21(22,23)24/h2-13,25H,1H3,(H,26,27). The van der Waals surface area contributed by atoms with E-state index in [0.717, 1.165) is 35.5 Å². The van der Waals surface area contributed by atoms with Crippen LogP contribution in [0.1, 0.15) is 21.5 Å². The molecule has 138 valence electrons. The summed E-state index contributed by atoms with van der Waals surface area (Å²) in [6, 6.07) is 19.0. The van der Waals surface area contributed by atoms with Gasteiger partial charge in [-0.2, -0.15) is 13.2 Å². The van der Waals surface area contributed by atoms with Crippen molar-refractivity contribution in [2.45, 2.75) is 13.1 Å². The van der Waals surface area contributed by atoms with Gasteiger partial charge in [0.15, 0.2) is 0 Å². The van der Waals surface area contributed by atoms with Gasteiger partial charge in [-0.15, -0.1) is 0 Å². The number of aryl methyl sites for hydroxylation is 1. The number of hydrogen-bond donors (Lipinski definition) is 2. The van der Waals surface area contributed by atoms with Gasteiger partial charge in [0, 0.05) is 11.3 Å². The highest BCUT2D eigenvalue weighted by molar-refractivity contribution is 6.06. The molecule has 0 radical (unpaired) electrons. The van der Waals surface area contributed by atoms with E-state index in [-0.39, 0.29) is 5.56 Å². The van der Waals surface area contributed by atoms with Crippen LogP contribution in [-0.4, -0.2) is 5.91 Å². The van der Waals surface area contributed by atoms with E-state index in [9.17, 15) is 18.0 Å². The molecule has 3 aromatic rings. The Balaban J connectivity index is 1.77. The molecular weight excluding hydrogens is 353 g/mol. The van der Waals surface area contributed by atoms with Crippen LogP contribution in [0.15, 0.2) is 72.8 Å². The van der Waals surface area contributed by atoms with Crippen LogP contribution >= 0.6 is 0 Å². The molecule has 0 fully saturated rings. The third-order valence-electron chi connectivity index (χ3n) is 3.98. The first-order chi connectivity index (χ1) is 12.8. The number of halogens is 3. The summed E-state index contributed by atoms with van der Waals surface area (Å²) in [5.41, 5.74) is 2.56. The number of anilines is 3. The molecule has 2 N–H and O–H groups in total. The van der Waals surface area contributed by atoms with Gasteiger partial charge in [0.05, 0.1) is 16.9 Å².